The molecule has 124 valence electrons. The van der Waals surface area contributed by atoms with Crippen LogP contribution < -0.4 is 5.32 Å². The second kappa shape index (κ2) is 8.87. The number of carbonyl (C=O) groups excluding carboxylic acids is 2. The maximum Gasteiger partial charge on any atom is 0.331 e. The van der Waals surface area contributed by atoms with E-state index in [1.165, 1.54) is 12.5 Å². The summed E-state index contributed by atoms with van der Waals surface area (Å²) in [5, 5.41) is 2.96. The van der Waals surface area contributed by atoms with Gasteiger partial charge in [-0.25, -0.2) is 4.79 Å². The Bertz CT molecular complexity index is 568. The van der Waals surface area contributed by atoms with Crippen LogP contribution in [-0.2, 0) is 14.3 Å². The van der Waals surface area contributed by atoms with E-state index < -0.39 is 5.97 Å². The molecule has 1 N–H and O–H groups in total. The number of nitrogens with one attached hydrogen (secondary N) is 1. The monoisotopic (exact) mass is 379 g/mol. The van der Waals surface area contributed by atoms with Gasteiger partial charge in [0.05, 0.1) is 0 Å². The molecule has 23 heavy (non-hydrogen) atoms. The highest BCUT2D eigenvalue weighted by Gasteiger charge is 2.22. The predicted octanol–water partition coefficient (Wildman–Crippen LogP) is 3.70. The first-order valence-corrected chi connectivity index (χ1v) is 8.73. The van der Waals surface area contributed by atoms with Crippen LogP contribution in [0, 0.1) is 5.92 Å². The van der Waals surface area contributed by atoms with Gasteiger partial charge in [-0.05, 0) is 42.5 Å². The Balaban J connectivity index is 1.73. The number of carbonyl (C=O) groups is 2. The van der Waals surface area contributed by atoms with Gasteiger partial charge in [-0.3, -0.25) is 4.79 Å². The lowest BCUT2D eigenvalue weighted by molar-refractivity contribution is -0.144. The molecule has 0 heterocycles. The predicted molar refractivity (Wildman–Crippen MR) is 93.7 cm³/mol. The summed E-state index contributed by atoms with van der Waals surface area (Å²) in [5.74, 6) is -0.255. The molecule has 1 amide bonds. The standard InChI is InChI=1S/C18H22BrNO3/c1-13-4-2-3-5-16(13)20-17(21)12-23-18(22)11-8-14-6-9-15(19)10-7-14/h6-11,13,16H,2-5,12H2,1H3,(H,20,21)/b11-8+/t13-,16+/m1/s1. The minimum Gasteiger partial charge on any atom is -0.452 e. The van der Waals surface area contributed by atoms with E-state index in [0.717, 1.165) is 29.3 Å². The molecule has 2 rings (SSSR count). The fraction of sp³-hybridized carbons (Fsp3) is 0.444. The molecule has 1 aliphatic rings. The number of rotatable bonds is 5. The highest BCUT2D eigenvalue weighted by Crippen LogP contribution is 2.23. The van der Waals surface area contributed by atoms with Crippen molar-refractivity contribution in [2.45, 2.75) is 38.6 Å². The first-order chi connectivity index (χ1) is 11.0. The fourth-order valence-electron chi connectivity index (χ4n) is 2.70. The zero-order valence-electron chi connectivity index (χ0n) is 13.3. The van der Waals surface area contributed by atoms with Gasteiger partial charge in [0.2, 0.25) is 0 Å². The lowest BCUT2D eigenvalue weighted by Gasteiger charge is -2.29. The second-order valence-corrected chi connectivity index (χ2v) is 6.84. The molecule has 1 aromatic rings. The molecule has 1 fully saturated rings. The third-order valence-electron chi connectivity index (χ3n) is 4.09. The van der Waals surface area contributed by atoms with Gasteiger partial charge < -0.3 is 10.1 Å². The van der Waals surface area contributed by atoms with Crippen LogP contribution in [-0.4, -0.2) is 24.5 Å². The van der Waals surface area contributed by atoms with Crippen LogP contribution in [0.4, 0.5) is 0 Å². The molecular weight excluding hydrogens is 358 g/mol. The Morgan fingerprint density at radius 3 is 2.65 bits per heavy atom. The number of ether oxygens (including phenoxy) is 1. The number of esters is 1. The van der Waals surface area contributed by atoms with E-state index in [1.807, 2.05) is 24.3 Å². The average Bonchev–Trinajstić information content (AvgIpc) is 2.54. The van der Waals surface area contributed by atoms with Gasteiger partial charge in [0.1, 0.15) is 0 Å². The molecule has 0 unspecified atom stereocenters. The highest BCUT2D eigenvalue weighted by molar-refractivity contribution is 9.10. The smallest absolute Gasteiger partial charge is 0.331 e. The van der Waals surface area contributed by atoms with E-state index in [4.69, 9.17) is 4.74 Å². The van der Waals surface area contributed by atoms with Gasteiger partial charge in [0, 0.05) is 16.6 Å². The Labute approximate surface area is 145 Å². The summed E-state index contributed by atoms with van der Waals surface area (Å²) in [7, 11) is 0. The van der Waals surface area contributed by atoms with Crippen LogP contribution in [0.5, 0.6) is 0 Å². The molecule has 5 heteroatoms. The molecule has 1 aromatic carbocycles. The minimum absolute atomic E-state index is 0.202. The van der Waals surface area contributed by atoms with Crippen molar-refractivity contribution in [2.75, 3.05) is 6.61 Å². The van der Waals surface area contributed by atoms with Gasteiger partial charge in [-0.1, -0.05) is 47.8 Å². The lowest BCUT2D eigenvalue weighted by atomic mass is 9.86. The van der Waals surface area contributed by atoms with Crippen molar-refractivity contribution in [3.8, 4) is 0 Å². The number of hydrogen-bond acceptors (Lipinski definition) is 3. The van der Waals surface area contributed by atoms with Crippen LogP contribution in [0.2, 0.25) is 0 Å². The van der Waals surface area contributed by atoms with Gasteiger partial charge >= 0.3 is 5.97 Å². The first kappa shape index (κ1) is 17.7. The highest BCUT2D eigenvalue weighted by atomic mass is 79.9. The Hall–Kier alpha value is -1.62. The maximum absolute atomic E-state index is 11.9. The number of halogens is 1. The minimum atomic E-state index is -0.514. The van der Waals surface area contributed by atoms with Crippen LogP contribution in [0.1, 0.15) is 38.2 Å². The molecule has 2 atom stereocenters. The van der Waals surface area contributed by atoms with Gasteiger partial charge in [-0.15, -0.1) is 0 Å². The molecular formula is C18H22BrNO3. The van der Waals surface area contributed by atoms with Crippen molar-refractivity contribution in [1.29, 1.82) is 0 Å². The molecule has 0 radical (unpaired) electrons. The summed E-state index contributed by atoms with van der Waals surface area (Å²) in [6.07, 6.45) is 7.51. The van der Waals surface area contributed by atoms with Crippen molar-refractivity contribution >= 4 is 33.9 Å². The SMILES string of the molecule is C[C@@H]1CCCC[C@@H]1NC(=O)COC(=O)/C=C/c1ccc(Br)cc1. The largest absolute Gasteiger partial charge is 0.452 e. The van der Waals surface area contributed by atoms with E-state index in [-0.39, 0.29) is 18.6 Å². The number of hydrogen-bond donors (Lipinski definition) is 1. The summed E-state index contributed by atoms with van der Waals surface area (Å²) >= 11 is 3.35. The third kappa shape index (κ3) is 6.18. The van der Waals surface area contributed by atoms with Crippen LogP contribution in [0.3, 0.4) is 0 Å². The van der Waals surface area contributed by atoms with Crippen molar-refractivity contribution in [1.82, 2.24) is 5.32 Å². The zero-order valence-corrected chi connectivity index (χ0v) is 14.8. The van der Waals surface area contributed by atoms with E-state index >= 15 is 0 Å². The van der Waals surface area contributed by atoms with E-state index in [2.05, 4.69) is 28.2 Å². The summed E-state index contributed by atoms with van der Waals surface area (Å²) in [6.45, 7) is 1.92. The van der Waals surface area contributed by atoms with Crippen LogP contribution in [0.15, 0.2) is 34.8 Å². The zero-order chi connectivity index (χ0) is 16.7. The average molecular weight is 380 g/mol. The summed E-state index contributed by atoms with van der Waals surface area (Å²) in [6, 6.07) is 7.75. The normalized spacial score (nSPS) is 21.1. The lowest BCUT2D eigenvalue weighted by Crippen LogP contribution is -2.42. The molecule has 0 saturated heterocycles. The second-order valence-electron chi connectivity index (χ2n) is 5.93. The molecule has 0 bridgehead atoms. The Morgan fingerprint density at radius 1 is 1.26 bits per heavy atom. The number of benzene rings is 1. The topological polar surface area (TPSA) is 55.4 Å². The first-order valence-electron chi connectivity index (χ1n) is 7.94. The summed E-state index contributed by atoms with van der Waals surface area (Å²) in [5.41, 5.74) is 0.894. The van der Waals surface area contributed by atoms with E-state index in [1.54, 1.807) is 6.08 Å². The third-order valence-corrected chi connectivity index (χ3v) is 4.61. The van der Waals surface area contributed by atoms with Gasteiger partial charge in [0.15, 0.2) is 6.61 Å². The van der Waals surface area contributed by atoms with Crippen molar-refractivity contribution in [3.05, 3.63) is 40.4 Å². The molecule has 4 nitrogen and oxygen atoms in total. The van der Waals surface area contributed by atoms with Crippen LogP contribution in [0.25, 0.3) is 6.08 Å². The van der Waals surface area contributed by atoms with Gasteiger partial charge in [0.25, 0.3) is 5.91 Å². The Morgan fingerprint density at radius 2 is 1.96 bits per heavy atom. The van der Waals surface area contributed by atoms with Crippen molar-refractivity contribution in [2.24, 2.45) is 5.92 Å². The van der Waals surface area contributed by atoms with Crippen molar-refractivity contribution < 1.29 is 14.3 Å². The fourth-order valence-corrected chi connectivity index (χ4v) is 2.97. The van der Waals surface area contributed by atoms with Gasteiger partial charge in [-0.2, -0.15) is 0 Å². The maximum atomic E-state index is 11.9. The molecule has 1 aliphatic carbocycles. The Kier molecular flexibility index (Phi) is 6.84. The molecule has 1 saturated carbocycles. The van der Waals surface area contributed by atoms with E-state index in [9.17, 15) is 9.59 Å². The summed E-state index contributed by atoms with van der Waals surface area (Å²) < 4.78 is 5.96. The van der Waals surface area contributed by atoms with Crippen LogP contribution >= 0.6 is 15.9 Å². The van der Waals surface area contributed by atoms with Crippen molar-refractivity contribution in [3.63, 3.8) is 0 Å². The molecule has 0 spiro atoms. The molecule has 0 aromatic heterocycles. The summed E-state index contributed by atoms with van der Waals surface area (Å²) in [4.78, 5) is 23.5. The quantitative estimate of drug-likeness (QED) is 0.626. The molecule has 0 aliphatic heterocycles. The number of amides is 1. The van der Waals surface area contributed by atoms with E-state index in [0.29, 0.717) is 5.92 Å².